The van der Waals surface area contributed by atoms with Gasteiger partial charge in [-0.1, -0.05) is 27.2 Å². The van der Waals surface area contributed by atoms with Gasteiger partial charge in [0.1, 0.15) is 0 Å². The number of aliphatic hydroxyl groups is 2. The molecule has 0 aromatic carbocycles. The number of hydrogen-bond acceptors (Lipinski definition) is 3. The second-order valence-corrected chi connectivity index (χ2v) is 12.4. The first-order chi connectivity index (χ1) is 15.3. The van der Waals surface area contributed by atoms with E-state index in [1.54, 1.807) is 6.07 Å². The molecule has 0 radical (unpaired) electrons. The van der Waals surface area contributed by atoms with Crippen molar-refractivity contribution in [3.63, 3.8) is 0 Å². The van der Waals surface area contributed by atoms with Crippen LogP contribution in [0.15, 0.2) is 10.9 Å². The lowest BCUT2D eigenvalue weighted by Crippen LogP contribution is -2.62. The zero-order chi connectivity index (χ0) is 22.7. The van der Waals surface area contributed by atoms with Gasteiger partial charge in [0.05, 0.1) is 12.2 Å². The molecule has 4 N–H and O–H groups in total. The summed E-state index contributed by atoms with van der Waals surface area (Å²) in [4.78, 5) is 11.4. The number of aliphatic hydroxyl groups excluding tert-OH is 2. The van der Waals surface area contributed by atoms with Gasteiger partial charge in [0.2, 0.25) is 0 Å². The van der Waals surface area contributed by atoms with E-state index in [1.807, 2.05) is 0 Å². The number of aryl methyl sites for hydroxylation is 1. The summed E-state index contributed by atoms with van der Waals surface area (Å²) in [6, 6.07) is 1.69. The summed E-state index contributed by atoms with van der Waals surface area (Å²) in [5.41, 5.74) is 1.60. The molecule has 5 nitrogen and oxygen atoms in total. The summed E-state index contributed by atoms with van der Waals surface area (Å²) in [5.74, 6) is 3.21. The van der Waals surface area contributed by atoms with Gasteiger partial charge in [0.15, 0.2) is 0 Å². The molecule has 0 amide bonds. The third-order valence-corrected chi connectivity index (χ3v) is 11.2. The minimum Gasteiger partial charge on any atom is -0.393 e. The average molecular weight is 445 g/mol. The quantitative estimate of drug-likeness (QED) is 0.533. The zero-order valence-corrected chi connectivity index (χ0v) is 20.3. The molecule has 2 unspecified atom stereocenters. The Labute approximate surface area is 192 Å². The highest BCUT2D eigenvalue weighted by molar-refractivity contribution is 5.13. The second kappa shape index (κ2) is 8.30. The van der Waals surface area contributed by atoms with Crippen LogP contribution in [-0.4, -0.2) is 32.6 Å². The van der Waals surface area contributed by atoms with Crippen LogP contribution in [0.3, 0.4) is 0 Å². The van der Waals surface area contributed by atoms with Gasteiger partial charge < -0.3 is 15.3 Å². The van der Waals surface area contributed by atoms with E-state index in [0.717, 1.165) is 50.1 Å². The fourth-order valence-corrected chi connectivity index (χ4v) is 9.59. The normalized spacial score (nSPS) is 48.2. The number of aromatic amines is 2. The van der Waals surface area contributed by atoms with Crippen LogP contribution in [0.1, 0.15) is 90.7 Å². The van der Waals surface area contributed by atoms with Crippen LogP contribution in [0.25, 0.3) is 0 Å². The molecule has 10 atom stereocenters. The van der Waals surface area contributed by atoms with Crippen molar-refractivity contribution < 1.29 is 10.2 Å². The summed E-state index contributed by atoms with van der Waals surface area (Å²) in [6.07, 6.45) is 12.0. The lowest BCUT2D eigenvalue weighted by molar-refractivity contribution is -0.202. The monoisotopic (exact) mass is 444 g/mol. The Morgan fingerprint density at radius 2 is 1.75 bits per heavy atom. The molecule has 4 aliphatic carbocycles. The van der Waals surface area contributed by atoms with Crippen LogP contribution in [0.4, 0.5) is 0 Å². The summed E-state index contributed by atoms with van der Waals surface area (Å²) in [6.45, 7) is 7.30. The molecular formula is C27H44N2O3. The molecule has 4 aliphatic rings. The maximum atomic E-state index is 11.8. The van der Waals surface area contributed by atoms with E-state index in [-0.39, 0.29) is 23.2 Å². The lowest BCUT2D eigenvalue weighted by atomic mass is 9.41. The van der Waals surface area contributed by atoms with Crippen LogP contribution in [0.2, 0.25) is 0 Å². The Hall–Kier alpha value is -1.07. The fraction of sp³-hybridized carbons (Fsp3) is 0.889. The van der Waals surface area contributed by atoms with Crippen molar-refractivity contribution >= 4 is 0 Å². The second-order valence-electron chi connectivity index (χ2n) is 12.4. The van der Waals surface area contributed by atoms with Crippen molar-refractivity contribution in [2.24, 2.45) is 46.3 Å². The van der Waals surface area contributed by atoms with Crippen LogP contribution in [-0.2, 0) is 6.42 Å². The minimum absolute atomic E-state index is 0.0370. The van der Waals surface area contributed by atoms with Crippen molar-refractivity contribution in [3.8, 4) is 0 Å². The molecule has 4 fully saturated rings. The highest BCUT2D eigenvalue weighted by atomic mass is 16.3. The van der Waals surface area contributed by atoms with E-state index in [4.69, 9.17) is 0 Å². The first-order valence-electron chi connectivity index (χ1n) is 13.4. The Balaban J connectivity index is 1.34. The predicted octanol–water partition coefficient (Wildman–Crippen LogP) is 4.65. The lowest BCUT2D eigenvalue weighted by Gasteiger charge is -2.64. The molecule has 32 heavy (non-hydrogen) atoms. The standard InChI is InChI=1S/C27H44N2O3/c1-4-19-22-15-18(30)10-12-27(22,3)21-11-13-26(2)16(8-9-20(26)24(21)25(19)32)6-5-7-17-14-23(31)29-28-17/h14,16,18-22,24-25,30,32H,4-13,15H2,1-3H3,(H2,28,29,31)/t16-,18+,19+,20-,21-,22?,24?,25+,26+,27+/m0/s1. The van der Waals surface area contributed by atoms with Crippen molar-refractivity contribution in [2.45, 2.75) is 104 Å². The fourth-order valence-electron chi connectivity index (χ4n) is 9.59. The van der Waals surface area contributed by atoms with Crippen molar-refractivity contribution in [3.05, 3.63) is 22.1 Å². The number of rotatable bonds is 5. The van der Waals surface area contributed by atoms with Gasteiger partial charge in [-0.25, -0.2) is 0 Å². The van der Waals surface area contributed by atoms with Gasteiger partial charge >= 0.3 is 0 Å². The Bertz CT molecular complexity index is 863. The Morgan fingerprint density at radius 1 is 1.00 bits per heavy atom. The third-order valence-electron chi connectivity index (χ3n) is 11.2. The van der Waals surface area contributed by atoms with E-state index >= 15 is 0 Å². The van der Waals surface area contributed by atoms with Gasteiger partial charge in [0.25, 0.3) is 5.56 Å². The number of H-pyrrole nitrogens is 2. The van der Waals surface area contributed by atoms with Crippen LogP contribution >= 0.6 is 0 Å². The molecule has 0 saturated heterocycles. The summed E-state index contributed by atoms with van der Waals surface area (Å²) in [7, 11) is 0. The van der Waals surface area contributed by atoms with E-state index in [0.29, 0.717) is 35.0 Å². The highest BCUT2D eigenvalue weighted by Gasteiger charge is 2.64. The summed E-state index contributed by atoms with van der Waals surface area (Å²) in [5, 5.41) is 27.9. The zero-order valence-electron chi connectivity index (χ0n) is 20.3. The molecule has 5 heteroatoms. The molecule has 180 valence electrons. The largest absolute Gasteiger partial charge is 0.393 e. The van der Waals surface area contributed by atoms with Gasteiger partial charge in [-0.15, -0.1) is 0 Å². The number of nitrogens with one attached hydrogen (secondary N) is 2. The molecule has 0 aliphatic heterocycles. The predicted molar refractivity (Wildman–Crippen MR) is 126 cm³/mol. The highest BCUT2D eigenvalue weighted by Crippen LogP contribution is 2.69. The molecule has 0 bridgehead atoms. The number of fused-ring (bicyclic) bond motifs is 5. The van der Waals surface area contributed by atoms with E-state index in [9.17, 15) is 15.0 Å². The maximum absolute atomic E-state index is 11.8. The SMILES string of the molecule is CC[C@@H]1C2C[C@H](O)CC[C@]2(C)[C@H]2CC[C@]3(C)[C@@H](CCCc4cc(=O)[nH][nH]4)CC[C@H]3C2[C@@H]1O. The van der Waals surface area contributed by atoms with Crippen LogP contribution < -0.4 is 5.56 Å². The molecule has 5 rings (SSSR count). The van der Waals surface area contributed by atoms with Gasteiger partial charge in [-0.3, -0.25) is 9.89 Å². The van der Waals surface area contributed by atoms with Crippen LogP contribution in [0.5, 0.6) is 0 Å². The van der Waals surface area contributed by atoms with Gasteiger partial charge in [0, 0.05) is 11.8 Å². The minimum atomic E-state index is -0.207. The number of hydrogen-bond donors (Lipinski definition) is 4. The average Bonchev–Trinajstić information content (AvgIpc) is 3.32. The molecule has 1 heterocycles. The van der Waals surface area contributed by atoms with Gasteiger partial charge in [-0.05, 0) is 111 Å². The Kier molecular flexibility index (Phi) is 5.89. The third kappa shape index (κ3) is 3.45. The topological polar surface area (TPSA) is 89.1 Å². The van der Waals surface area contributed by atoms with Crippen LogP contribution in [0, 0.1) is 46.3 Å². The molecule has 4 saturated carbocycles. The van der Waals surface area contributed by atoms with Crippen molar-refractivity contribution in [1.29, 1.82) is 0 Å². The van der Waals surface area contributed by atoms with Gasteiger partial charge in [-0.2, -0.15) is 0 Å². The molecular weight excluding hydrogens is 400 g/mol. The molecule has 1 aromatic heterocycles. The summed E-state index contributed by atoms with van der Waals surface area (Å²) < 4.78 is 0. The first kappa shape index (κ1) is 22.7. The van der Waals surface area contributed by atoms with E-state index in [1.165, 1.54) is 32.1 Å². The molecule has 1 aromatic rings. The maximum Gasteiger partial charge on any atom is 0.264 e. The molecule has 0 spiro atoms. The Morgan fingerprint density at radius 3 is 2.47 bits per heavy atom. The number of aromatic nitrogens is 2. The van der Waals surface area contributed by atoms with Crippen molar-refractivity contribution in [2.75, 3.05) is 0 Å². The van der Waals surface area contributed by atoms with E-state index < -0.39 is 0 Å². The summed E-state index contributed by atoms with van der Waals surface area (Å²) >= 11 is 0. The van der Waals surface area contributed by atoms with E-state index in [2.05, 4.69) is 31.0 Å². The smallest absolute Gasteiger partial charge is 0.264 e. The van der Waals surface area contributed by atoms with Crippen molar-refractivity contribution in [1.82, 2.24) is 10.2 Å². The first-order valence-corrected chi connectivity index (χ1v) is 13.4.